The number of carbonyl (C=O) groups excluding carboxylic acids is 1. The second kappa shape index (κ2) is 17.8. The smallest absolute Gasteiger partial charge is 0.396 e. The molecule has 0 aliphatic carbocycles. The number of amides is 1. The predicted molar refractivity (Wildman–Crippen MR) is 90.8 cm³/mol. The van der Waals surface area contributed by atoms with Crippen molar-refractivity contribution < 1.29 is 9.53 Å². The Kier molecular flexibility index (Phi) is 16.8. The number of rotatable bonds is 15. The van der Waals surface area contributed by atoms with Crippen LogP contribution in [0.3, 0.4) is 0 Å². The zero-order chi connectivity index (χ0) is 16.3. The van der Waals surface area contributed by atoms with E-state index in [1.54, 1.807) is 0 Å². The van der Waals surface area contributed by atoms with E-state index in [4.69, 9.17) is 10.3 Å². The van der Waals surface area contributed by atoms with Gasteiger partial charge in [0.15, 0.2) is 0 Å². The van der Waals surface area contributed by atoms with Crippen LogP contribution in [-0.2, 0) is 4.74 Å². The van der Waals surface area contributed by atoms with Gasteiger partial charge in [0.2, 0.25) is 0 Å². The lowest BCUT2D eigenvalue weighted by molar-refractivity contribution is 0.154. The lowest BCUT2D eigenvalue weighted by Crippen LogP contribution is -1.99. The van der Waals surface area contributed by atoms with E-state index in [9.17, 15) is 4.79 Å². The van der Waals surface area contributed by atoms with E-state index >= 15 is 0 Å². The Labute approximate surface area is 135 Å². The standard InChI is InChI=1S/C17H33N3O2/c1-2-3-4-5-6-7-8-9-10-11-12-13-14-15-16-22-17(21)19-20-18/h2-16H2,1H3. The third-order valence-corrected chi connectivity index (χ3v) is 3.85. The lowest BCUT2D eigenvalue weighted by Gasteiger charge is -2.03. The van der Waals surface area contributed by atoms with E-state index < -0.39 is 6.09 Å². The highest BCUT2D eigenvalue weighted by molar-refractivity contribution is 5.67. The van der Waals surface area contributed by atoms with Crippen LogP contribution in [-0.4, -0.2) is 12.7 Å². The Bertz CT molecular complexity index is 302. The summed E-state index contributed by atoms with van der Waals surface area (Å²) in [6.07, 6.45) is 17.3. The maximum Gasteiger partial charge on any atom is 0.396 e. The molecule has 0 rings (SSSR count). The highest BCUT2D eigenvalue weighted by Crippen LogP contribution is 2.12. The largest absolute Gasteiger partial charge is 0.461 e. The average Bonchev–Trinajstić information content (AvgIpc) is 2.51. The van der Waals surface area contributed by atoms with Crippen molar-refractivity contribution in [2.75, 3.05) is 6.61 Å². The van der Waals surface area contributed by atoms with Gasteiger partial charge in [-0.2, -0.15) is 0 Å². The number of hydrogen-bond acceptors (Lipinski definition) is 2. The van der Waals surface area contributed by atoms with Gasteiger partial charge < -0.3 is 4.74 Å². The van der Waals surface area contributed by atoms with Gasteiger partial charge in [0.25, 0.3) is 0 Å². The summed E-state index contributed by atoms with van der Waals surface area (Å²) in [6, 6.07) is 0. The van der Waals surface area contributed by atoms with E-state index in [-0.39, 0.29) is 0 Å². The second-order valence-corrected chi connectivity index (χ2v) is 5.90. The molecule has 0 fully saturated rings. The summed E-state index contributed by atoms with van der Waals surface area (Å²) in [4.78, 5) is 13.1. The molecule has 1 amide bonds. The molecule has 5 nitrogen and oxygen atoms in total. The molecule has 0 aromatic carbocycles. The molecule has 0 saturated carbocycles. The van der Waals surface area contributed by atoms with Crippen molar-refractivity contribution >= 4 is 6.09 Å². The Morgan fingerprint density at radius 3 is 1.64 bits per heavy atom. The number of nitrogens with zero attached hydrogens (tertiary/aromatic N) is 3. The number of hydrogen-bond donors (Lipinski definition) is 0. The molecule has 22 heavy (non-hydrogen) atoms. The van der Waals surface area contributed by atoms with Crippen LogP contribution in [0.25, 0.3) is 10.4 Å². The molecule has 0 saturated heterocycles. The van der Waals surface area contributed by atoms with E-state index in [1.807, 2.05) is 0 Å². The number of azide groups is 1. The number of carbonyl (C=O) groups is 1. The number of unbranched alkanes of at least 4 members (excludes halogenated alkanes) is 13. The van der Waals surface area contributed by atoms with Gasteiger partial charge in [-0.05, 0) is 12.0 Å². The summed E-state index contributed by atoms with van der Waals surface area (Å²) in [5.74, 6) is 0. The minimum Gasteiger partial charge on any atom is -0.461 e. The summed E-state index contributed by atoms with van der Waals surface area (Å²) in [6.45, 7) is 2.62. The molecule has 0 bridgehead atoms. The molecule has 0 radical (unpaired) electrons. The minimum absolute atomic E-state index is 0.357. The fraction of sp³-hybridized carbons (Fsp3) is 0.941. The van der Waals surface area contributed by atoms with Crippen molar-refractivity contribution in [3.8, 4) is 0 Å². The fourth-order valence-electron chi connectivity index (χ4n) is 2.52. The maximum absolute atomic E-state index is 10.7. The van der Waals surface area contributed by atoms with Gasteiger partial charge in [0, 0.05) is 10.0 Å². The van der Waals surface area contributed by atoms with E-state index in [0.29, 0.717) is 6.61 Å². The van der Waals surface area contributed by atoms with Gasteiger partial charge in [-0.1, -0.05) is 90.4 Å². The highest BCUT2D eigenvalue weighted by atomic mass is 16.5. The molecule has 0 aromatic rings. The molecular weight excluding hydrogens is 278 g/mol. The van der Waals surface area contributed by atoms with Crippen LogP contribution in [0.5, 0.6) is 0 Å². The summed E-state index contributed by atoms with van der Waals surface area (Å²) in [5.41, 5.74) is 8.02. The van der Waals surface area contributed by atoms with Crippen molar-refractivity contribution in [2.24, 2.45) is 5.11 Å². The van der Waals surface area contributed by atoms with Crippen molar-refractivity contribution in [1.82, 2.24) is 0 Å². The zero-order valence-electron chi connectivity index (χ0n) is 14.3. The Morgan fingerprint density at radius 1 is 0.818 bits per heavy atom. The Morgan fingerprint density at radius 2 is 1.23 bits per heavy atom. The van der Waals surface area contributed by atoms with Gasteiger partial charge in [0.05, 0.1) is 6.61 Å². The van der Waals surface area contributed by atoms with Crippen LogP contribution in [0.2, 0.25) is 0 Å². The second-order valence-electron chi connectivity index (χ2n) is 5.90. The first-order valence-corrected chi connectivity index (χ1v) is 9.03. The van der Waals surface area contributed by atoms with Crippen LogP contribution in [0.1, 0.15) is 96.8 Å². The van der Waals surface area contributed by atoms with Crippen LogP contribution in [0.4, 0.5) is 4.79 Å². The first-order valence-electron chi connectivity index (χ1n) is 9.03. The normalized spacial score (nSPS) is 10.2. The third-order valence-electron chi connectivity index (χ3n) is 3.85. The molecule has 0 atom stereocenters. The number of ether oxygens (including phenoxy) is 1. The molecule has 0 N–H and O–H groups in total. The zero-order valence-corrected chi connectivity index (χ0v) is 14.3. The monoisotopic (exact) mass is 311 g/mol. The maximum atomic E-state index is 10.7. The van der Waals surface area contributed by atoms with E-state index in [0.717, 1.165) is 12.8 Å². The first-order chi connectivity index (χ1) is 10.8. The van der Waals surface area contributed by atoms with E-state index in [2.05, 4.69) is 16.9 Å². The van der Waals surface area contributed by atoms with Gasteiger partial charge >= 0.3 is 6.09 Å². The quantitative estimate of drug-likeness (QED) is 0.142. The lowest BCUT2D eigenvalue weighted by atomic mass is 10.0. The summed E-state index contributed by atoms with van der Waals surface area (Å²) in [7, 11) is 0. The van der Waals surface area contributed by atoms with Gasteiger partial charge in [0.1, 0.15) is 0 Å². The average molecular weight is 311 g/mol. The van der Waals surface area contributed by atoms with Crippen molar-refractivity contribution in [1.29, 1.82) is 0 Å². The molecule has 5 heteroatoms. The van der Waals surface area contributed by atoms with Crippen molar-refractivity contribution in [2.45, 2.75) is 96.8 Å². The molecule has 0 heterocycles. The van der Waals surface area contributed by atoms with Gasteiger partial charge in [-0.15, -0.1) is 0 Å². The van der Waals surface area contributed by atoms with Gasteiger partial charge in [-0.25, -0.2) is 4.79 Å². The Hall–Kier alpha value is -1.22. The summed E-state index contributed by atoms with van der Waals surface area (Å²) >= 11 is 0. The van der Waals surface area contributed by atoms with E-state index in [1.165, 1.54) is 77.0 Å². The van der Waals surface area contributed by atoms with Crippen LogP contribution in [0.15, 0.2) is 5.11 Å². The van der Waals surface area contributed by atoms with Crippen LogP contribution < -0.4 is 0 Å². The minimum atomic E-state index is -0.822. The third kappa shape index (κ3) is 16.8. The SMILES string of the molecule is CCCCCCCCCCCCCCCCOC(=O)N=[N+]=[N-]. The summed E-state index contributed by atoms with van der Waals surface area (Å²) < 4.78 is 4.73. The molecule has 0 aromatic heterocycles. The molecule has 0 aliphatic rings. The van der Waals surface area contributed by atoms with Crippen LogP contribution >= 0.6 is 0 Å². The summed E-state index contributed by atoms with van der Waals surface area (Å²) in [5, 5.41) is 2.85. The topological polar surface area (TPSA) is 75.1 Å². The predicted octanol–water partition coefficient (Wildman–Crippen LogP) is 6.91. The molecule has 0 aliphatic heterocycles. The van der Waals surface area contributed by atoms with Gasteiger partial charge in [-0.3, -0.25) is 0 Å². The van der Waals surface area contributed by atoms with Crippen molar-refractivity contribution in [3.63, 3.8) is 0 Å². The van der Waals surface area contributed by atoms with Crippen LogP contribution in [0, 0.1) is 0 Å². The molecular formula is C17H33N3O2. The fourth-order valence-corrected chi connectivity index (χ4v) is 2.52. The highest BCUT2D eigenvalue weighted by Gasteiger charge is 1.97. The Balaban J connectivity index is 3.05. The first kappa shape index (κ1) is 20.8. The molecule has 0 unspecified atom stereocenters. The molecule has 128 valence electrons. The molecule has 0 spiro atoms. The van der Waals surface area contributed by atoms with Crippen molar-refractivity contribution in [3.05, 3.63) is 10.4 Å².